The first-order valence-corrected chi connectivity index (χ1v) is 12.5. The average Bonchev–Trinajstić information content (AvgIpc) is 2.76. The zero-order chi connectivity index (χ0) is 20.3. The Morgan fingerprint density at radius 1 is 1.07 bits per heavy atom. The molecular weight excluding hydrogens is 388 g/mol. The molecule has 0 aromatic carbocycles. The van der Waals surface area contributed by atoms with E-state index in [1.165, 1.54) is 55.8 Å². The number of rotatable bonds is 5. The number of pyridine rings is 1. The Kier molecular flexibility index (Phi) is 6.73. The summed E-state index contributed by atoms with van der Waals surface area (Å²) >= 11 is 0. The molecule has 3 saturated heterocycles. The van der Waals surface area contributed by atoms with Crippen molar-refractivity contribution >= 4 is 15.8 Å². The van der Waals surface area contributed by atoms with Crippen molar-refractivity contribution in [3.05, 3.63) is 18.3 Å². The molecule has 29 heavy (non-hydrogen) atoms. The predicted octanol–water partition coefficient (Wildman–Crippen LogP) is 2.05. The molecule has 3 aliphatic heterocycles. The van der Waals surface area contributed by atoms with Crippen LogP contribution < -0.4 is 4.90 Å². The van der Waals surface area contributed by atoms with E-state index in [1.54, 1.807) is 6.07 Å². The lowest BCUT2D eigenvalue weighted by molar-refractivity contribution is 0.0730. The van der Waals surface area contributed by atoms with Crippen molar-refractivity contribution in [3.8, 4) is 0 Å². The van der Waals surface area contributed by atoms with Gasteiger partial charge >= 0.3 is 0 Å². The van der Waals surface area contributed by atoms with Crippen molar-refractivity contribution < 1.29 is 13.2 Å². The summed E-state index contributed by atoms with van der Waals surface area (Å²) in [5.41, 5.74) is 0. The van der Waals surface area contributed by atoms with Crippen LogP contribution in [0.3, 0.4) is 0 Å². The number of ether oxygens (including phenoxy) is 1. The summed E-state index contributed by atoms with van der Waals surface area (Å²) in [6.07, 6.45) is 6.60. The topological polar surface area (TPSA) is 66.0 Å². The third kappa shape index (κ3) is 5.10. The Morgan fingerprint density at radius 3 is 2.52 bits per heavy atom. The van der Waals surface area contributed by atoms with E-state index in [1.807, 2.05) is 6.07 Å². The minimum atomic E-state index is -3.48. The van der Waals surface area contributed by atoms with Gasteiger partial charge in [-0.05, 0) is 62.7 Å². The van der Waals surface area contributed by atoms with Crippen LogP contribution in [0.5, 0.6) is 0 Å². The number of nitrogens with zero attached hydrogens (tertiary/aromatic N) is 4. The molecule has 8 heteroatoms. The summed E-state index contributed by atoms with van der Waals surface area (Å²) in [6.45, 7) is 9.71. The van der Waals surface area contributed by atoms with E-state index in [-0.39, 0.29) is 4.90 Å². The number of morpholine rings is 1. The molecule has 0 radical (unpaired) electrons. The summed E-state index contributed by atoms with van der Waals surface area (Å²) in [7, 11) is -3.48. The summed E-state index contributed by atoms with van der Waals surface area (Å²) in [5, 5.41) is 0. The zero-order valence-electron chi connectivity index (χ0n) is 17.5. The van der Waals surface area contributed by atoms with Crippen LogP contribution in [0.15, 0.2) is 23.2 Å². The standard InChI is InChI=1S/C21H34N4O3S/c1-18-6-9-23(10-7-18)16-19-3-2-8-24(17-19)21-5-4-20(15-22-21)29(26,27)25-11-13-28-14-12-25/h4-5,15,18-19H,2-3,6-14,16-17H2,1H3. The van der Waals surface area contributed by atoms with Crippen molar-refractivity contribution in [2.45, 2.75) is 37.5 Å². The summed E-state index contributed by atoms with van der Waals surface area (Å²) in [5.74, 6) is 2.42. The average molecular weight is 423 g/mol. The van der Waals surface area contributed by atoms with Gasteiger partial charge in [-0.2, -0.15) is 4.31 Å². The molecule has 7 nitrogen and oxygen atoms in total. The molecule has 0 spiro atoms. The van der Waals surface area contributed by atoms with Crippen LogP contribution >= 0.6 is 0 Å². The molecule has 1 aromatic rings. The molecule has 1 unspecified atom stereocenters. The van der Waals surface area contributed by atoms with Crippen molar-refractivity contribution in [2.75, 3.05) is 63.9 Å². The Morgan fingerprint density at radius 2 is 1.83 bits per heavy atom. The van der Waals surface area contributed by atoms with Crippen molar-refractivity contribution in [3.63, 3.8) is 0 Å². The van der Waals surface area contributed by atoms with Gasteiger partial charge < -0.3 is 14.5 Å². The van der Waals surface area contributed by atoms with Crippen LogP contribution in [-0.2, 0) is 14.8 Å². The second kappa shape index (κ2) is 9.29. The molecule has 1 aromatic heterocycles. The maximum absolute atomic E-state index is 12.8. The number of likely N-dealkylation sites (tertiary alicyclic amines) is 1. The van der Waals surface area contributed by atoms with Gasteiger partial charge in [0.25, 0.3) is 0 Å². The number of hydrogen-bond acceptors (Lipinski definition) is 6. The van der Waals surface area contributed by atoms with Crippen LogP contribution in [0.1, 0.15) is 32.6 Å². The highest BCUT2D eigenvalue weighted by molar-refractivity contribution is 7.89. The van der Waals surface area contributed by atoms with Gasteiger partial charge in [-0.25, -0.2) is 13.4 Å². The zero-order valence-corrected chi connectivity index (χ0v) is 18.3. The lowest BCUT2D eigenvalue weighted by Gasteiger charge is -2.38. The maximum atomic E-state index is 12.8. The lowest BCUT2D eigenvalue weighted by Crippen LogP contribution is -2.43. The molecule has 4 heterocycles. The van der Waals surface area contributed by atoms with Crippen LogP contribution in [0, 0.1) is 11.8 Å². The van der Waals surface area contributed by atoms with Gasteiger partial charge in [0.05, 0.1) is 13.2 Å². The van der Waals surface area contributed by atoms with Crippen LogP contribution in [0.25, 0.3) is 0 Å². The molecule has 0 bridgehead atoms. The fourth-order valence-corrected chi connectivity index (χ4v) is 6.03. The molecular formula is C21H34N4O3S. The van der Waals surface area contributed by atoms with Gasteiger partial charge in [0, 0.05) is 38.9 Å². The lowest BCUT2D eigenvalue weighted by atomic mass is 9.94. The number of aromatic nitrogens is 1. The molecule has 0 amide bonds. The van der Waals surface area contributed by atoms with Crippen LogP contribution in [0.4, 0.5) is 5.82 Å². The highest BCUT2D eigenvalue weighted by atomic mass is 32.2. The number of sulfonamides is 1. The fourth-order valence-electron chi connectivity index (χ4n) is 4.68. The summed E-state index contributed by atoms with van der Waals surface area (Å²) in [6, 6.07) is 3.58. The minimum Gasteiger partial charge on any atom is -0.379 e. The highest BCUT2D eigenvalue weighted by Crippen LogP contribution is 2.25. The monoisotopic (exact) mass is 422 g/mol. The number of hydrogen-bond donors (Lipinski definition) is 0. The SMILES string of the molecule is CC1CCN(CC2CCCN(c3ccc(S(=O)(=O)N4CCOCC4)cn3)C2)CC1. The van der Waals surface area contributed by atoms with Gasteiger partial charge in [-0.3, -0.25) is 0 Å². The second-order valence-electron chi connectivity index (χ2n) is 8.81. The van der Waals surface area contributed by atoms with Crippen molar-refractivity contribution in [1.82, 2.24) is 14.2 Å². The molecule has 0 N–H and O–H groups in total. The number of piperidine rings is 2. The van der Waals surface area contributed by atoms with Gasteiger partial charge in [0.15, 0.2) is 0 Å². The molecule has 1 atom stereocenters. The van der Waals surface area contributed by atoms with E-state index in [2.05, 4.69) is 21.7 Å². The molecule has 0 aliphatic carbocycles. The van der Waals surface area contributed by atoms with Crippen molar-refractivity contribution in [1.29, 1.82) is 0 Å². The molecule has 3 fully saturated rings. The van der Waals surface area contributed by atoms with E-state index in [9.17, 15) is 8.42 Å². The Hall–Kier alpha value is -1.22. The van der Waals surface area contributed by atoms with Crippen molar-refractivity contribution in [2.24, 2.45) is 11.8 Å². The van der Waals surface area contributed by atoms with Crippen LogP contribution in [0.2, 0.25) is 0 Å². The third-order valence-corrected chi connectivity index (χ3v) is 8.45. The maximum Gasteiger partial charge on any atom is 0.244 e. The van der Waals surface area contributed by atoms with Crippen LogP contribution in [-0.4, -0.2) is 81.6 Å². The fraction of sp³-hybridized carbons (Fsp3) is 0.762. The smallest absolute Gasteiger partial charge is 0.244 e. The quantitative estimate of drug-likeness (QED) is 0.724. The first kappa shape index (κ1) is 21.0. The first-order valence-electron chi connectivity index (χ1n) is 11.0. The summed E-state index contributed by atoms with van der Waals surface area (Å²) < 4.78 is 32.3. The minimum absolute atomic E-state index is 0.277. The van der Waals surface area contributed by atoms with E-state index >= 15 is 0 Å². The first-order chi connectivity index (χ1) is 14.0. The predicted molar refractivity (Wildman–Crippen MR) is 114 cm³/mol. The largest absolute Gasteiger partial charge is 0.379 e. The van der Waals surface area contributed by atoms with Gasteiger partial charge in [-0.1, -0.05) is 6.92 Å². The Labute approximate surface area is 175 Å². The Balaban J connectivity index is 1.37. The van der Waals surface area contributed by atoms with E-state index in [0.717, 1.165) is 24.8 Å². The van der Waals surface area contributed by atoms with E-state index < -0.39 is 10.0 Å². The normalized spacial score (nSPS) is 26.0. The molecule has 0 saturated carbocycles. The molecule has 162 valence electrons. The highest BCUT2D eigenvalue weighted by Gasteiger charge is 2.28. The van der Waals surface area contributed by atoms with E-state index in [0.29, 0.717) is 32.2 Å². The number of anilines is 1. The summed E-state index contributed by atoms with van der Waals surface area (Å²) in [4.78, 5) is 9.76. The Bertz CT molecular complexity index is 757. The molecule has 4 rings (SSSR count). The van der Waals surface area contributed by atoms with Gasteiger partial charge in [0.1, 0.15) is 10.7 Å². The molecule has 3 aliphatic rings. The van der Waals surface area contributed by atoms with E-state index in [4.69, 9.17) is 4.74 Å². The van der Waals surface area contributed by atoms with Gasteiger partial charge in [0.2, 0.25) is 10.0 Å². The van der Waals surface area contributed by atoms with Gasteiger partial charge in [-0.15, -0.1) is 0 Å². The third-order valence-electron chi connectivity index (χ3n) is 6.56. The second-order valence-corrected chi connectivity index (χ2v) is 10.7.